The van der Waals surface area contributed by atoms with Gasteiger partial charge in [-0.1, -0.05) is 24.3 Å². The van der Waals surface area contributed by atoms with Crippen LogP contribution in [-0.2, 0) is 19.3 Å². The summed E-state index contributed by atoms with van der Waals surface area (Å²) in [6.07, 6.45) is 5.14. The Morgan fingerprint density at radius 2 is 1.77 bits per heavy atom. The quantitative estimate of drug-likeness (QED) is 0.351. The highest BCUT2D eigenvalue weighted by molar-refractivity contribution is 5.57. The molecule has 186 valence electrons. The van der Waals surface area contributed by atoms with Crippen LogP contribution in [0.1, 0.15) is 41.0 Å². The smallest absolute Gasteiger partial charge is 0.120 e. The number of methoxy groups -OCH3 is 1. The maximum Gasteiger partial charge on any atom is 0.120 e. The van der Waals surface area contributed by atoms with Gasteiger partial charge in [0.1, 0.15) is 23.9 Å². The molecule has 0 amide bonds. The van der Waals surface area contributed by atoms with E-state index < -0.39 is 0 Å². The van der Waals surface area contributed by atoms with E-state index in [0.29, 0.717) is 18.3 Å². The number of benzene rings is 3. The maximum absolute atomic E-state index is 9.81. The lowest BCUT2D eigenvalue weighted by Gasteiger charge is -2.27. The Labute approximate surface area is 209 Å². The summed E-state index contributed by atoms with van der Waals surface area (Å²) in [6.45, 7) is 2.52. The van der Waals surface area contributed by atoms with Crippen molar-refractivity contribution in [3.8, 4) is 17.2 Å². The highest BCUT2D eigenvalue weighted by Gasteiger charge is 2.23. The zero-order chi connectivity index (χ0) is 24.6. The van der Waals surface area contributed by atoms with Crippen LogP contribution in [-0.4, -0.2) is 50.9 Å². The molecule has 35 heavy (non-hydrogen) atoms. The lowest BCUT2D eigenvalue weighted by atomic mass is 9.79. The van der Waals surface area contributed by atoms with Crippen molar-refractivity contribution < 1.29 is 14.6 Å². The molecular weight excluding hydrogens is 436 g/mol. The van der Waals surface area contributed by atoms with E-state index >= 15 is 0 Å². The van der Waals surface area contributed by atoms with Crippen molar-refractivity contribution in [2.24, 2.45) is 0 Å². The van der Waals surface area contributed by atoms with Crippen LogP contribution in [0.3, 0.4) is 0 Å². The normalized spacial score (nSPS) is 15.0. The van der Waals surface area contributed by atoms with Crippen molar-refractivity contribution in [3.63, 3.8) is 0 Å². The summed E-state index contributed by atoms with van der Waals surface area (Å²) in [5.74, 6) is 2.63. The molecule has 5 nitrogen and oxygen atoms in total. The van der Waals surface area contributed by atoms with Crippen LogP contribution in [0.25, 0.3) is 0 Å². The first-order valence-corrected chi connectivity index (χ1v) is 12.6. The maximum atomic E-state index is 9.81. The van der Waals surface area contributed by atoms with Crippen molar-refractivity contribution in [3.05, 3.63) is 82.9 Å². The van der Waals surface area contributed by atoms with Gasteiger partial charge in [-0.25, -0.2) is 0 Å². The van der Waals surface area contributed by atoms with Crippen LogP contribution in [0.5, 0.6) is 17.2 Å². The zero-order valence-electron chi connectivity index (χ0n) is 21.2. The topological polar surface area (TPSA) is 54.0 Å². The van der Waals surface area contributed by atoms with Gasteiger partial charge in [0.05, 0.1) is 7.11 Å². The van der Waals surface area contributed by atoms with E-state index in [2.05, 4.69) is 72.8 Å². The third-order valence-electron chi connectivity index (χ3n) is 6.81. The summed E-state index contributed by atoms with van der Waals surface area (Å²) in [4.78, 5) is 2.12. The number of ether oxygens (including phenoxy) is 2. The van der Waals surface area contributed by atoms with Crippen LogP contribution in [0.15, 0.2) is 60.7 Å². The van der Waals surface area contributed by atoms with Crippen molar-refractivity contribution in [1.82, 2.24) is 4.90 Å². The van der Waals surface area contributed by atoms with Crippen molar-refractivity contribution >= 4 is 5.69 Å². The molecule has 0 saturated carbocycles. The third kappa shape index (κ3) is 6.92. The first-order chi connectivity index (χ1) is 17.0. The number of nitrogens with one attached hydrogen (secondary N) is 1. The van der Waals surface area contributed by atoms with Gasteiger partial charge in [-0.3, -0.25) is 0 Å². The van der Waals surface area contributed by atoms with Crippen LogP contribution in [0.2, 0.25) is 0 Å². The van der Waals surface area contributed by atoms with Gasteiger partial charge >= 0.3 is 0 Å². The Balaban J connectivity index is 1.33. The summed E-state index contributed by atoms with van der Waals surface area (Å²) in [6, 6.07) is 20.7. The number of phenols is 1. The second-order valence-corrected chi connectivity index (χ2v) is 9.67. The summed E-state index contributed by atoms with van der Waals surface area (Å²) >= 11 is 0. The predicted octanol–water partition coefficient (Wildman–Crippen LogP) is 5.66. The standard InChI is InChI=1S/C30H38N2O3/c1-32(2)17-18-35-27-12-6-22(7-13-27)5-4-16-31-30-21-28(34-3)14-15-29(30)25-9-8-24-20-26(33)11-10-23(24)19-25/h6-7,10-15,20-21,25,31,33H,4-5,8-9,16-19H2,1-3H3/t25-/m0/s1. The van der Waals surface area contributed by atoms with Gasteiger partial charge < -0.3 is 24.8 Å². The Bertz CT molecular complexity index is 1100. The van der Waals surface area contributed by atoms with E-state index in [1.54, 1.807) is 13.2 Å². The first kappa shape index (κ1) is 24.9. The van der Waals surface area contributed by atoms with E-state index in [1.165, 1.54) is 27.9 Å². The summed E-state index contributed by atoms with van der Waals surface area (Å²) in [5, 5.41) is 13.5. The second-order valence-electron chi connectivity index (χ2n) is 9.67. The average Bonchev–Trinajstić information content (AvgIpc) is 2.87. The number of phenolic OH excluding ortho intramolecular Hbond substituents is 1. The minimum atomic E-state index is 0.362. The highest BCUT2D eigenvalue weighted by Crippen LogP contribution is 2.38. The molecule has 2 N–H and O–H groups in total. The summed E-state index contributed by atoms with van der Waals surface area (Å²) in [7, 11) is 5.82. The van der Waals surface area contributed by atoms with Crippen LogP contribution in [0.4, 0.5) is 5.69 Å². The third-order valence-corrected chi connectivity index (χ3v) is 6.81. The van der Waals surface area contributed by atoms with E-state index in [4.69, 9.17) is 9.47 Å². The number of hydrogen-bond acceptors (Lipinski definition) is 5. The fourth-order valence-corrected chi connectivity index (χ4v) is 4.79. The SMILES string of the molecule is COc1ccc([C@H]2CCc3cc(O)ccc3C2)c(NCCCc2ccc(OCCN(C)C)cc2)c1. The van der Waals surface area contributed by atoms with Crippen molar-refractivity contribution in [2.45, 2.75) is 38.0 Å². The van der Waals surface area contributed by atoms with E-state index in [-0.39, 0.29) is 0 Å². The molecule has 0 saturated heterocycles. The molecule has 0 unspecified atom stereocenters. The molecule has 1 atom stereocenters. The second kappa shape index (κ2) is 12.0. The molecule has 0 fully saturated rings. The average molecular weight is 475 g/mol. The predicted molar refractivity (Wildman–Crippen MR) is 143 cm³/mol. The van der Waals surface area contributed by atoms with Crippen LogP contribution < -0.4 is 14.8 Å². The molecule has 3 aromatic rings. The Kier molecular flexibility index (Phi) is 8.54. The van der Waals surface area contributed by atoms with Gasteiger partial charge in [0.2, 0.25) is 0 Å². The summed E-state index contributed by atoms with van der Waals surface area (Å²) in [5.41, 5.74) is 6.46. The van der Waals surface area contributed by atoms with Gasteiger partial charge in [-0.2, -0.15) is 0 Å². The minimum absolute atomic E-state index is 0.362. The molecule has 0 spiro atoms. The minimum Gasteiger partial charge on any atom is -0.508 e. The van der Waals surface area contributed by atoms with Crippen LogP contribution >= 0.6 is 0 Å². The number of nitrogens with zero attached hydrogens (tertiary/aromatic N) is 1. The fourth-order valence-electron chi connectivity index (χ4n) is 4.79. The van der Waals surface area contributed by atoms with E-state index in [1.807, 2.05) is 6.07 Å². The van der Waals surface area contributed by atoms with Gasteiger partial charge in [0.25, 0.3) is 0 Å². The molecule has 3 aromatic carbocycles. The number of likely N-dealkylation sites (N-methyl/N-ethyl adjacent to an activating group) is 1. The van der Waals surface area contributed by atoms with Gasteiger partial charge in [-0.15, -0.1) is 0 Å². The van der Waals surface area contributed by atoms with Gasteiger partial charge in [-0.05, 0) is 105 Å². The largest absolute Gasteiger partial charge is 0.508 e. The molecule has 1 aliphatic rings. The number of anilines is 1. The first-order valence-electron chi connectivity index (χ1n) is 12.6. The lowest BCUT2D eigenvalue weighted by molar-refractivity contribution is 0.261. The summed E-state index contributed by atoms with van der Waals surface area (Å²) < 4.78 is 11.3. The fraction of sp³-hybridized carbons (Fsp3) is 0.400. The van der Waals surface area contributed by atoms with Gasteiger partial charge in [0, 0.05) is 24.8 Å². The zero-order valence-corrected chi connectivity index (χ0v) is 21.2. The Morgan fingerprint density at radius 3 is 2.54 bits per heavy atom. The Morgan fingerprint density at radius 1 is 0.971 bits per heavy atom. The Hall–Kier alpha value is -3.18. The number of hydrogen-bond donors (Lipinski definition) is 2. The van der Waals surface area contributed by atoms with E-state index in [0.717, 1.165) is 56.7 Å². The molecule has 0 aliphatic heterocycles. The molecule has 5 heteroatoms. The lowest BCUT2D eigenvalue weighted by Crippen LogP contribution is -2.19. The van der Waals surface area contributed by atoms with Crippen molar-refractivity contribution in [1.29, 1.82) is 0 Å². The molecule has 0 heterocycles. The number of fused-ring (bicyclic) bond motifs is 1. The monoisotopic (exact) mass is 474 g/mol. The molecular formula is C30H38N2O3. The molecule has 1 aliphatic carbocycles. The van der Waals surface area contributed by atoms with E-state index in [9.17, 15) is 5.11 Å². The number of rotatable bonds is 11. The van der Waals surface area contributed by atoms with Gasteiger partial charge in [0.15, 0.2) is 0 Å². The molecule has 0 radical (unpaired) electrons. The van der Waals surface area contributed by atoms with Crippen LogP contribution in [0, 0.1) is 0 Å². The molecule has 4 rings (SSSR count). The molecule has 0 aromatic heterocycles. The number of aryl methyl sites for hydroxylation is 2. The highest BCUT2D eigenvalue weighted by atomic mass is 16.5. The van der Waals surface area contributed by atoms with Crippen molar-refractivity contribution in [2.75, 3.05) is 46.2 Å². The molecule has 0 bridgehead atoms. The number of aromatic hydroxyl groups is 1.